The highest BCUT2D eigenvalue weighted by molar-refractivity contribution is 7.99. The van der Waals surface area contributed by atoms with Crippen LogP contribution in [-0.2, 0) is 7.05 Å². The fourth-order valence-electron chi connectivity index (χ4n) is 2.58. The van der Waals surface area contributed by atoms with Gasteiger partial charge in [0.15, 0.2) is 0 Å². The molecule has 1 aliphatic rings. The quantitative estimate of drug-likeness (QED) is 0.624. The minimum absolute atomic E-state index is 0.119. The van der Waals surface area contributed by atoms with Crippen molar-refractivity contribution < 1.29 is 9.72 Å². The zero-order valence-electron chi connectivity index (χ0n) is 12.8. The van der Waals surface area contributed by atoms with Crippen molar-refractivity contribution in [3.63, 3.8) is 0 Å². The van der Waals surface area contributed by atoms with Gasteiger partial charge in [0.2, 0.25) is 5.69 Å². The fourth-order valence-corrected chi connectivity index (χ4v) is 3.65. The van der Waals surface area contributed by atoms with E-state index >= 15 is 0 Å². The molecule has 0 bridgehead atoms. The molecule has 0 unspecified atom stereocenters. The van der Waals surface area contributed by atoms with Gasteiger partial charge in [-0.15, -0.1) is 11.8 Å². The van der Waals surface area contributed by atoms with Gasteiger partial charge in [-0.3, -0.25) is 19.6 Å². The zero-order chi connectivity index (χ0) is 16.6. The topological polar surface area (TPSA) is 81.3 Å². The van der Waals surface area contributed by atoms with Crippen molar-refractivity contribution in [2.24, 2.45) is 13.0 Å². The summed E-state index contributed by atoms with van der Waals surface area (Å²) in [7, 11) is 1.57. The number of aromatic nitrogens is 2. The molecule has 0 saturated heterocycles. The maximum atomic E-state index is 12.9. The summed E-state index contributed by atoms with van der Waals surface area (Å²) in [6, 6.07) is 7.62. The maximum Gasteiger partial charge on any atom is 0.320 e. The number of thioether (sulfide) groups is 1. The molecule has 7 nitrogen and oxygen atoms in total. The molecule has 0 radical (unpaired) electrons. The largest absolute Gasteiger partial charge is 0.320 e. The number of nitro groups is 1. The third kappa shape index (κ3) is 2.94. The van der Waals surface area contributed by atoms with Crippen LogP contribution >= 0.6 is 11.8 Å². The summed E-state index contributed by atoms with van der Waals surface area (Å²) in [5.74, 6) is 0.740. The van der Waals surface area contributed by atoms with Crippen LogP contribution in [0, 0.1) is 16.0 Å². The Labute approximate surface area is 137 Å². The second kappa shape index (κ2) is 6.04. The summed E-state index contributed by atoms with van der Waals surface area (Å²) in [5, 5.41) is 15.2. The van der Waals surface area contributed by atoms with Crippen molar-refractivity contribution >= 4 is 29.0 Å². The molecule has 0 N–H and O–H groups in total. The molecule has 1 aromatic heterocycles. The van der Waals surface area contributed by atoms with Crippen molar-refractivity contribution in [3.8, 4) is 0 Å². The molecule has 1 atom stereocenters. The second-order valence-corrected chi connectivity index (χ2v) is 6.66. The number of fused-ring (bicyclic) bond motifs is 1. The van der Waals surface area contributed by atoms with Crippen LogP contribution in [-0.4, -0.2) is 32.9 Å². The molecular formula is C15H16N4O3S. The predicted octanol–water partition coefficient (Wildman–Crippen LogP) is 2.72. The van der Waals surface area contributed by atoms with Crippen molar-refractivity contribution in [1.82, 2.24) is 9.78 Å². The Balaban J connectivity index is 2.06. The van der Waals surface area contributed by atoms with Crippen molar-refractivity contribution in [2.45, 2.75) is 11.8 Å². The summed E-state index contributed by atoms with van der Waals surface area (Å²) in [4.78, 5) is 26.2. The first-order chi connectivity index (χ1) is 11.0. The van der Waals surface area contributed by atoms with Crippen LogP contribution in [0.25, 0.3) is 0 Å². The highest BCUT2D eigenvalue weighted by Crippen LogP contribution is 2.36. The van der Waals surface area contributed by atoms with E-state index < -0.39 is 10.8 Å². The standard InChI is InChI=1S/C15H16N4O3S/c1-10-7-18(11-5-3-4-6-13(11)23-9-10)15(20)14-12(19(21)22)8-17(2)16-14/h3-6,8,10H,7,9H2,1-2H3/t10-/m0/s1. The summed E-state index contributed by atoms with van der Waals surface area (Å²) in [6.07, 6.45) is 1.26. The third-order valence-electron chi connectivity index (χ3n) is 3.63. The van der Waals surface area contributed by atoms with Crippen molar-refractivity contribution in [2.75, 3.05) is 17.2 Å². The molecule has 1 aromatic carbocycles. The predicted molar refractivity (Wildman–Crippen MR) is 87.9 cm³/mol. The lowest BCUT2D eigenvalue weighted by molar-refractivity contribution is -0.385. The van der Waals surface area contributed by atoms with E-state index in [2.05, 4.69) is 12.0 Å². The Bertz CT molecular complexity index is 774. The fraction of sp³-hybridized carbons (Fsp3) is 0.333. The number of anilines is 1. The van der Waals surface area contributed by atoms with E-state index in [0.29, 0.717) is 6.54 Å². The first kappa shape index (κ1) is 15.5. The summed E-state index contributed by atoms with van der Waals surface area (Å²) in [5.41, 5.74) is 0.401. The van der Waals surface area contributed by atoms with Gasteiger partial charge in [0, 0.05) is 24.2 Å². The molecule has 1 aliphatic heterocycles. The minimum atomic E-state index is -0.567. The first-order valence-corrected chi connectivity index (χ1v) is 8.17. The normalized spacial score (nSPS) is 17.5. The average Bonchev–Trinajstić information content (AvgIpc) is 2.84. The summed E-state index contributed by atoms with van der Waals surface area (Å²) >= 11 is 1.70. The number of benzene rings is 1. The van der Waals surface area contributed by atoms with Gasteiger partial charge in [-0.25, -0.2) is 0 Å². The monoisotopic (exact) mass is 332 g/mol. The highest BCUT2D eigenvalue weighted by Gasteiger charge is 2.32. The van der Waals surface area contributed by atoms with Gasteiger partial charge in [-0.2, -0.15) is 5.10 Å². The Morgan fingerprint density at radius 3 is 2.91 bits per heavy atom. The van der Waals surface area contributed by atoms with Gasteiger partial charge in [-0.05, 0) is 18.1 Å². The zero-order valence-corrected chi connectivity index (χ0v) is 13.6. The van der Waals surface area contributed by atoms with E-state index in [1.54, 1.807) is 23.7 Å². The maximum absolute atomic E-state index is 12.9. The number of hydrogen-bond acceptors (Lipinski definition) is 5. The number of para-hydroxylation sites is 1. The molecule has 0 aliphatic carbocycles. The van der Waals surface area contributed by atoms with Crippen LogP contribution in [0.5, 0.6) is 0 Å². The number of carbonyl (C=O) groups is 1. The van der Waals surface area contributed by atoms with Crippen LogP contribution < -0.4 is 4.90 Å². The van der Waals surface area contributed by atoms with Gasteiger partial charge in [0.05, 0.1) is 10.6 Å². The Kier molecular flexibility index (Phi) is 4.08. The molecule has 120 valence electrons. The van der Waals surface area contributed by atoms with Gasteiger partial charge in [0.25, 0.3) is 5.91 Å². The SMILES string of the molecule is C[C@@H]1CSc2ccccc2N(C(=O)c2nn(C)cc2[N+](=O)[O-])C1. The summed E-state index contributed by atoms with van der Waals surface area (Å²) < 4.78 is 1.30. The van der Waals surface area contributed by atoms with Crippen LogP contribution in [0.2, 0.25) is 0 Å². The average molecular weight is 332 g/mol. The van der Waals surface area contributed by atoms with Gasteiger partial charge < -0.3 is 4.90 Å². The van der Waals surface area contributed by atoms with Crippen LogP contribution in [0.1, 0.15) is 17.4 Å². The third-order valence-corrected chi connectivity index (χ3v) is 5.02. The van der Waals surface area contributed by atoms with E-state index in [-0.39, 0.29) is 17.3 Å². The Morgan fingerprint density at radius 1 is 1.43 bits per heavy atom. The lowest BCUT2D eigenvalue weighted by atomic mass is 10.1. The lowest BCUT2D eigenvalue weighted by Crippen LogP contribution is -2.35. The molecular weight excluding hydrogens is 316 g/mol. The molecule has 0 saturated carbocycles. The number of rotatable bonds is 2. The molecule has 0 fully saturated rings. The number of carbonyl (C=O) groups excluding carboxylic acids is 1. The molecule has 3 rings (SSSR count). The molecule has 23 heavy (non-hydrogen) atoms. The number of amides is 1. The van der Waals surface area contributed by atoms with Crippen LogP contribution in [0.4, 0.5) is 11.4 Å². The molecule has 8 heteroatoms. The molecule has 2 heterocycles. The van der Waals surface area contributed by atoms with E-state index in [1.165, 1.54) is 10.9 Å². The number of nitrogens with zero attached hydrogens (tertiary/aromatic N) is 4. The lowest BCUT2D eigenvalue weighted by Gasteiger charge is -2.23. The Morgan fingerprint density at radius 2 is 2.17 bits per heavy atom. The molecule has 1 amide bonds. The van der Waals surface area contributed by atoms with Crippen LogP contribution in [0.3, 0.4) is 0 Å². The molecule has 0 spiro atoms. The van der Waals surface area contributed by atoms with Gasteiger partial charge >= 0.3 is 5.69 Å². The number of aryl methyl sites for hydroxylation is 1. The van der Waals surface area contributed by atoms with Crippen molar-refractivity contribution in [1.29, 1.82) is 0 Å². The molecule has 2 aromatic rings. The number of hydrogen-bond donors (Lipinski definition) is 0. The van der Waals surface area contributed by atoms with Crippen LogP contribution in [0.15, 0.2) is 35.4 Å². The van der Waals surface area contributed by atoms with E-state index in [4.69, 9.17) is 0 Å². The van der Waals surface area contributed by atoms with Gasteiger partial charge in [-0.1, -0.05) is 19.1 Å². The summed E-state index contributed by atoms with van der Waals surface area (Å²) in [6.45, 7) is 2.57. The van der Waals surface area contributed by atoms with Crippen molar-refractivity contribution in [3.05, 3.63) is 46.3 Å². The Hall–Kier alpha value is -2.35. The first-order valence-electron chi connectivity index (χ1n) is 7.19. The van der Waals surface area contributed by atoms with E-state index in [9.17, 15) is 14.9 Å². The van der Waals surface area contributed by atoms with E-state index in [1.807, 2.05) is 24.3 Å². The van der Waals surface area contributed by atoms with Gasteiger partial charge in [0.1, 0.15) is 6.20 Å². The highest BCUT2D eigenvalue weighted by atomic mass is 32.2. The second-order valence-electron chi connectivity index (χ2n) is 5.59. The van der Waals surface area contributed by atoms with E-state index in [0.717, 1.165) is 16.3 Å². The minimum Gasteiger partial charge on any atom is -0.305 e. The smallest absolute Gasteiger partial charge is 0.305 e.